The Morgan fingerprint density at radius 2 is 1.08 bits per heavy atom. The fourth-order valence-electron chi connectivity index (χ4n) is 3.97. The van der Waals surface area contributed by atoms with Crippen LogP contribution in [0.5, 0.6) is 0 Å². The highest BCUT2D eigenvalue weighted by molar-refractivity contribution is 4.91. The lowest BCUT2D eigenvalue weighted by molar-refractivity contribution is 0.240. The molecule has 0 unspecified atom stereocenters. The van der Waals surface area contributed by atoms with Gasteiger partial charge in [0, 0.05) is 61.4 Å². The zero-order chi connectivity index (χ0) is 18.4. The van der Waals surface area contributed by atoms with E-state index in [0.29, 0.717) is 25.2 Å². The van der Waals surface area contributed by atoms with Crippen LogP contribution < -0.4 is 32.7 Å². The molecule has 1 fully saturated rings. The third-order valence-electron chi connectivity index (χ3n) is 4.82. The van der Waals surface area contributed by atoms with Gasteiger partial charge in [-0.1, -0.05) is 0 Å². The van der Waals surface area contributed by atoms with E-state index in [4.69, 9.17) is 11.5 Å². The SMILES string of the molecule is C[C@H]1CC(C)(C)N[C@@H](CN)CN[C@@H](C)CC(C)(C)N[C@@H](CN)CN1. The fraction of sp³-hybridized carbons (Fsp3) is 1.00. The normalized spacial score (nSPS) is 36.0. The molecule has 6 heteroatoms. The molecule has 4 atom stereocenters. The predicted octanol–water partition coefficient (Wildman–Crippen LogP) is 0.127. The van der Waals surface area contributed by atoms with Crippen LogP contribution in [0.2, 0.25) is 0 Å². The van der Waals surface area contributed by atoms with Gasteiger partial charge in [-0.2, -0.15) is 0 Å². The third-order valence-corrected chi connectivity index (χ3v) is 4.82. The molecule has 1 rings (SSSR count). The molecule has 0 aromatic carbocycles. The van der Waals surface area contributed by atoms with Crippen LogP contribution in [0.25, 0.3) is 0 Å². The summed E-state index contributed by atoms with van der Waals surface area (Å²) in [4.78, 5) is 0. The minimum absolute atomic E-state index is 0.0381. The quantitative estimate of drug-likeness (QED) is 0.427. The first-order valence-electron chi connectivity index (χ1n) is 9.49. The molecule has 0 aromatic heterocycles. The van der Waals surface area contributed by atoms with Crippen molar-refractivity contribution in [1.82, 2.24) is 21.3 Å². The Kier molecular flexibility index (Phi) is 8.59. The Hall–Kier alpha value is -0.240. The van der Waals surface area contributed by atoms with Crippen LogP contribution >= 0.6 is 0 Å². The number of hydrogen-bond donors (Lipinski definition) is 6. The van der Waals surface area contributed by atoms with E-state index in [1.807, 2.05) is 0 Å². The Bertz CT molecular complexity index is 323. The van der Waals surface area contributed by atoms with Crippen molar-refractivity contribution >= 4 is 0 Å². The summed E-state index contributed by atoms with van der Waals surface area (Å²) in [7, 11) is 0. The summed E-state index contributed by atoms with van der Waals surface area (Å²) in [5.74, 6) is 0. The van der Waals surface area contributed by atoms with E-state index in [1.54, 1.807) is 0 Å². The van der Waals surface area contributed by atoms with Crippen LogP contribution in [-0.2, 0) is 0 Å². The summed E-state index contributed by atoms with van der Waals surface area (Å²) in [5.41, 5.74) is 12.0. The third kappa shape index (κ3) is 8.23. The summed E-state index contributed by atoms with van der Waals surface area (Å²) in [6, 6.07) is 1.40. The van der Waals surface area contributed by atoms with Gasteiger partial charge in [-0.15, -0.1) is 0 Å². The number of nitrogens with one attached hydrogen (secondary N) is 4. The zero-order valence-electron chi connectivity index (χ0n) is 16.7. The van der Waals surface area contributed by atoms with E-state index in [9.17, 15) is 0 Å². The molecule has 0 bridgehead atoms. The number of rotatable bonds is 2. The summed E-state index contributed by atoms with van der Waals surface area (Å²) >= 11 is 0. The van der Waals surface area contributed by atoms with Crippen LogP contribution in [0.3, 0.4) is 0 Å². The van der Waals surface area contributed by atoms with Gasteiger partial charge in [-0.05, 0) is 54.4 Å². The van der Waals surface area contributed by atoms with Gasteiger partial charge >= 0.3 is 0 Å². The maximum atomic E-state index is 5.99. The molecule has 24 heavy (non-hydrogen) atoms. The van der Waals surface area contributed by atoms with Crippen molar-refractivity contribution in [2.45, 2.75) is 89.6 Å². The van der Waals surface area contributed by atoms with Gasteiger partial charge in [0.1, 0.15) is 0 Å². The standard InChI is InChI=1S/C18H42N6/c1-13-7-17(3,4)23-16(10-20)12-22-14(2)8-18(5,6)24-15(9-19)11-21-13/h13-16,21-24H,7-12,19-20H2,1-6H3/t13-,14-,15-,16-/m0/s1. The molecule has 8 N–H and O–H groups in total. The summed E-state index contributed by atoms with van der Waals surface area (Å²) in [6.07, 6.45) is 2.08. The van der Waals surface area contributed by atoms with E-state index >= 15 is 0 Å². The molecule has 0 aromatic rings. The average Bonchev–Trinajstić information content (AvgIpc) is 2.45. The summed E-state index contributed by atoms with van der Waals surface area (Å²) < 4.78 is 0. The molecule has 0 saturated carbocycles. The van der Waals surface area contributed by atoms with Crippen LogP contribution in [0.15, 0.2) is 0 Å². The van der Waals surface area contributed by atoms with Gasteiger partial charge < -0.3 is 32.7 Å². The molecule has 0 amide bonds. The highest BCUT2D eigenvalue weighted by atomic mass is 15.1. The van der Waals surface area contributed by atoms with Crippen molar-refractivity contribution in [3.8, 4) is 0 Å². The lowest BCUT2D eigenvalue weighted by Crippen LogP contribution is -2.59. The highest BCUT2D eigenvalue weighted by Crippen LogP contribution is 2.15. The second kappa shape index (κ2) is 9.46. The van der Waals surface area contributed by atoms with Crippen LogP contribution in [0.4, 0.5) is 0 Å². The monoisotopic (exact) mass is 342 g/mol. The second-order valence-corrected chi connectivity index (χ2v) is 8.95. The molecule has 1 aliphatic rings. The Morgan fingerprint density at radius 1 is 0.750 bits per heavy atom. The molecular formula is C18H42N6. The zero-order valence-corrected chi connectivity index (χ0v) is 16.7. The molecule has 144 valence electrons. The van der Waals surface area contributed by atoms with Gasteiger partial charge in [-0.3, -0.25) is 0 Å². The van der Waals surface area contributed by atoms with E-state index < -0.39 is 0 Å². The van der Waals surface area contributed by atoms with Gasteiger partial charge in [0.25, 0.3) is 0 Å². The number of nitrogens with two attached hydrogens (primary N) is 2. The van der Waals surface area contributed by atoms with Crippen LogP contribution in [-0.4, -0.2) is 61.4 Å². The first kappa shape index (κ1) is 21.8. The maximum absolute atomic E-state index is 5.99. The molecule has 6 nitrogen and oxygen atoms in total. The van der Waals surface area contributed by atoms with E-state index in [1.165, 1.54) is 0 Å². The van der Waals surface area contributed by atoms with E-state index in [-0.39, 0.29) is 23.2 Å². The second-order valence-electron chi connectivity index (χ2n) is 8.95. The summed E-state index contributed by atoms with van der Waals surface area (Å²) in [5, 5.41) is 14.7. The highest BCUT2D eigenvalue weighted by Gasteiger charge is 2.28. The Balaban J connectivity index is 2.84. The molecular weight excluding hydrogens is 300 g/mol. The lowest BCUT2D eigenvalue weighted by Gasteiger charge is -2.38. The van der Waals surface area contributed by atoms with Crippen LogP contribution in [0, 0.1) is 0 Å². The van der Waals surface area contributed by atoms with E-state index in [0.717, 1.165) is 25.9 Å². The van der Waals surface area contributed by atoms with Crippen LogP contribution in [0.1, 0.15) is 54.4 Å². The van der Waals surface area contributed by atoms with Gasteiger partial charge in [0.2, 0.25) is 0 Å². The van der Waals surface area contributed by atoms with Gasteiger partial charge in [-0.25, -0.2) is 0 Å². The minimum atomic E-state index is 0.0381. The van der Waals surface area contributed by atoms with Crippen molar-refractivity contribution in [2.75, 3.05) is 26.2 Å². The largest absolute Gasteiger partial charge is 0.329 e. The molecule has 0 radical (unpaired) electrons. The van der Waals surface area contributed by atoms with Gasteiger partial charge in [0.15, 0.2) is 0 Å². The van der Waals surface area contributed by atoms with Crippen molar-refractivity contribution < 1.29 is 0 Å². The van der Waals surface area contributed by atoms with Crippen molar-refractivity contribution in [2.24, 2.45) is 11.5 Å². The molecule has 1 saturated heterocycles. The fourth-order valence-corrected chi connectivity index (χ4v) is 3.97. The Morgan fingerprint density at radius 3 is 1.38 bits per heavy atom. The summed E-state index contributed by atoms with van der Waals surface area (Å²) in [6.45, 7) is 16.6. The predicted molar refractivity (Wildman–Crippen MR) is 104 cm³/mol. The number of hydrogen-bond acceptors (Lipinski definition) is 6. The first-order chi connectivity index (χ1) is 11.1. The van der Waals surface area contributed by atoms with Crippen molar-refractivity contribution in [3.05, 3.63) is 0 Å². The lowest BCUT2D eigenvalue weighted by atomic mass is 9.92. The topological polar surface area (TPSA) is 100 Å². The molecule has 1 aliphatic heterocycles. The maximum Gasteiger partial charge on any atom is 0.0320 e. The van der Waals surface area contributed by atoms with E-state index in [2.05, 4.69) is 62.8 Å². The molecule has 0 aliphatic carbocycles. The molecule has 1 heterocycles. The van der Waals surface area contributed by atoms with Gasteiger partial charge in [0.05, 0.1) is 0 Å². The average molecular weight is 343 g/mol. The Labute approximate surface area is 149 Å². The smallest absolute Gasteiger partial charge is 0.0320 e. The van der Waals surface area contributed by atoms with Crippen molar-refractivity contribution in [3.63, 3.8) is 0 Å². The van der Waals surface area contributed by atoms with Crippen molar-refractivity contribution in [1.29, 1.82) is 0 Å². The molecule has 0 spiro atoms. The first-order valence-corrected chi connectivity index (χ1v) is 9.49. The minimum Gasteiger partial charge on any atom is -0.329 e.